The standard InChI is InChI=1S/C15H18O2/c1-9-7-12(10(2)16)15-13(8-9)11-5-3-4-6-14(11)17-15/h7-8,11,14H,3-6H2,1-2H3. The van der Waals surface area contributed by atoms with Gasteiger partial charge >= 0.3 is 0 Å². The van der Waals surface area contributed by atoms with Crippen molar-refractivity contribution >= 4 is 5.78 Å². The molecule has 2 unspecified atom stereocenters. The maximum atomic E-state index is 11.7. The predicted molar refractivity (Wildman–Crippen MR) is 66.8 cm³/mol. The highest BCUT2D eigenvalue weighted by atomic mass is 16.5. The second-order valence-electron chi connectivity index (χ2n) is 5.33. The van der Waals surface area contributed by atoms with Gasteiger partial charge < -0.3 is 4.74 Å². The van der Waals surface area contributed by atoms with Crippen molar-refractivity contribution in [1.29, 1.82) is 0 Å². The third-order valence-electron chi connectivity index (χ3n) is 4.01. The summed E-state index contributed by atoms with van der Waals surface area (Å²) in [5.41, 5.74) is 3.22. The van der Waals surface area contributed by atoms with Gasteiger partial charge in [0.1, 0.15) is 11.9 Å². The zero-order valence-corrected chi connectivity index (χ0v) is 10.5. The molecule has 17 heavy (non-hydrogen) atoms. The van der Waals surface area contributed by atoms with Gasteiger partial charge in [-0.15, -0.1) is 0 Å². The SMILES string of the molecule is CC(=O)c1cc(C)cc2c1OC1CCCCC21. The molecule has 1 aliphatic carbocycles. The summed E-state index contributed by atoms with van der Waals surface area (Å²) in [6.45, 7) is 3.68. The van der Waals surface area contributed by atoms with Crippen molar-refractivity contribution in [2.75, 3.05) is 0 Å². The van der Waals surface area contributed by atoms with Crippen LogP contribution in [-0.4, -0.2) is 11.9 Å². The van der Waals surface area contributed by atoms with Gasteiger partial charge in [0, 0.05) is 11.5 Å². The maximum Gasteiger partial charge on any atom is 0.163 e. The molecule has 2 aliphatic rings. The topological polar surface area (TPSA) is 26.3 Å². The van der Waals surface area contributed by atoms with Crippen LogP contribution in [0.3, 0.4) is 0 Å². The summed E-state index contributed by atoms with van der Waals surface area (Å²) in [6.07, 6.45) is 5.20. The van der Waals surface area contributed by atoms with Crippen LogP contribution < -0.4 is 4.74 Å². The number of ether oxygens (including phenoxy) is 1. The van der Waals surface area contributed by atoms with Crippen LogP contribution in [0.2, 0.25) is 0 Å². The monoisotopic (exact) mass is 230 g/mol. The molecule has 90 valence electrons. The molecule has 0 amide bonds. The molecule has 0 saturated heterocycles. The van der Waals surface area contributed by atoms with E-state index in [0.29, 0.717) is 12.0 Å². The Hall–Kier alpha value is -1.31. The smallest absolute Gasteiger partial charge is 0.163 e. The summed E-state index contributed by atoms with van der Waals surface area (Å²) in [4.78, 5) is 11.7. The zero-order chi connectivity index (χ0) is 12.0. The third kappa shape index (κ3) is 1.67. The fraction of sp³-hybridized carbons (Fsp3) is 0.533. The minimum absolute atomic E-state index is 0.114. The molecule has 1 saturated carbocycles. The van der Waals surface area contributed by atoms with Gasteiger partial charge in [0.05, 0.1) is 5.56 Å². The van der Waals surface area contributed by atoms with Crippen LogP contribution in [-0.2, 0) is 0 Å². The van der Waals surface area contributed by atoms with Crippen molar-refractivity contribution in [3.05, 3.63) is 28.8 Å². The number of ketones is 1. The molecule has 2 heteroatoms. The van der Waals surface area contributed by atoms with Crippen LogP contribution in [0.25, 0.3) is 0 Å². The molecule has 0 aromatic heterocycles. The number of Topliss-reactive ketones (excluding diaryl/α,β-unsaturated/α-hetero) is 1. The lowest BCUT2D eigenvalue weighted by Crippen LogP contribution is -2.22. The zero-order valence-electron chi connectivity index (χ0n) is 10.5. The van der Waals surface area contributed by atoms with Gasteiger partial charge in [-0.25, -0.2) is 0 Å². The van der Waals surface area contributed by atoms with Crippen LogP contribution in [0, 0.1) is 6.92 Å². The first-order valence-electron chi connectivity index (χ1n) is 6.49. The largest absolute Gasteiger partial charge is 0.489 e. The lowest BCUT2D eigenvalue weighted by Gasteiger charge is -2.23. The highest BCUT2D eigenvalue weighted by Crippen LogP contribution is 2.47. The number of aryl methyl sites for hydroxylation is 1. The van der Waals surface area contributed by atoms with Crippen LogP contribution in [0.1, 0.15) is 60.0 Å². The normalized spacial score (nSPS) is 26.0. The van der Waals surface area contributed by atoms with Crippen molar-refractivity contribution in [1.82, 2.24) is 0 Å². The number of fused-ring (bicyclic) bond motifs is 3. The quantitative estimate of drug-likeness (QED) is 0.689. The minimum atomic E-state index is 0.114. The molecule has 0 spiro atoms. The van der Waals surface area contributed by atoms with E-state index in [0.717, 1.165) is 17.7 Å². The van der Waals surface area contributed by atoms with Crippen LogP contribution in [0.4, 0.5) is 0 Å². The summed E-state index contributed by atoms with van der Waals surface area (Å²) in [5.74, 6) is 1.51. The molecule has 1 heterocycles. The van der Waals surface area contributed by atoms with Gasteiger partial charge in [-0.2, -0.15) is 0 Å². The molecule has 0 bridgehead atoms. The molecule has 0 radical (unpaired) electrons. The van der Waals surface area contributed by atoms with E-state index in [4.69, 9.17) is 4.74 Å². The van der Waals surface area contributed by atoms with Gasteiger partial charge in [-0.3, -0.25) is 4.79 Å². The van der Waals surface area contributed by atoms with Gasteiger partial charge in [0.25, 0.3) is 0 Å². The lowest BCUT2D eigenvalue weighted by atomic mass is 9.82. The Balaban J connectivity index is 2.11. The number of rotatable bonds is 1. The third-order valence-corrected chi connectivity index (χ3v) is 4.01. The van der Waals surface area contributed by atoms with E-state index >= 15 is 0 Å². The second-order valence-corrected chi connectivity index (χ2v) is 5.33. The Labute approximate surface area is 102 Å². The maximum absolute atomic E-state index is 11.7. The summed E-state index contributed by atoms with van der Waals surface area (Å²) in [7, 11) is 0. The second kappa shape index (κ2) is 3.86. The first kappa shape index (κ1) is 10.8. The Morgan fingerprint density at radius 1 is 1.29 bits per heavy atom. The average molecular weight is 230 g/mol. The number of carbonyl (C=O) groups excluding carboxylic acids is 1. The molecule has 0 N–H and O–H groups in total. The minimum Gasteiger partial charge on any atom is -0.489 e. The van der Waals surface area contributed by atoms with Gasteiger partial charge in [-0.05, 0) is 44.7 Å². The molecular formula is C15H18O2. The van der Waals surface area contributed by atoms with Gasteiger partial charge in [0.2, 0.25) is 0 Å². The highest BCUT2D eigenvalue weighted by Gasteiger charge is 2.37. The van der Waals surface area contributed by atoms with E-state index in [1.54, 1.807) is 6.92 Å². The molecule has 1 fully saturated rings. The molecule has 1 aliphatic heterocycles. The number of benzene rings is 1. The highest BCUT2D eigenvalue weighted by molar-refractivity contribution is 5.97. The van der Waals surface area contributed by atoms with Crippen molar-refractivity contribution < 1.29 is 9.53 Å². The molecular weight excluding hydrogens is 212 g/mol. The lowest BCUT2D eigenvalue weighted by molar-refractivity contribution is 0.101. The number of hydrogen-bond donors (Lipinski definition) is 0. The van der Waals surface area contributed by atoms with E-state index in [-0.39, 0.29) is 5.78 Å². The molecule has 1 aromatic carbocycles. The van der Waals surface area contributed by atoms with E-state index < -0.39 is 0 Å². The van der Waals surface area contributed by atoms with Crippen molar-refractivity contribution in [3.63, 3.8) is 0 Å². The summed E-state index contributed by atoms with van der Waals surface area (Å²) < 4.78 is 6.04. The van der Waals surface area contributed by atoms with Gasteiger partial charge in [0.15, 0.2) is 5.78 Å². The van der Waals surface area contributed by atoms with Crippen LogP contribution >= 0.6 is 0 Å². The Kier molecular flexibility index (Phi) is 2.46. The van der Waals surface area contributed by atoms with Crippen molar-refractivity contribution in [2.24, 2.45) is 0 Å². The summed E-state index contributed by atoms with van der Waals surface area (Å²) >= 11 is 0. The van der Waals surface area contributed by atoms with E-state index in [2.05, 4.69) is 13.0 Å². The van der Waals surface area contributed by atoms with Crippen molar-refractivity contribution in [3.8, 4) is 5.75 Å². The van der Waals surface area contributed by atoms with E-state index in [1.165, 1.54) is 30.4 Å². The molecule has 1 aromatic rings. The fourth-order valence-electron chi connectivity index (χ4n) is 3.21. The van der Waals surface area contributed by atoms with Crippen molar-refractivity contribution in [2.45, 2.75) is 51.6 Å². The fourth-order valence-corrected chi connectivity index (χ4v) is 3.21. The molecule has 3 rings (SSSR count). The first-order valence-corrected chi connectivity index (χ1v) is 6.49. The van der Waals surface area contributed by atoms with Crippen LogP contribution in [0.15, 0.2) is 12.1 Å². The summed E-state index contributed by atoms with van der Waals surface area (Å²) in [6, 6.07) is 4.16. The first-order chi connectivity index (χ1) is 8.16. The van der Waals surface area contributed by atoms with Gasteiger partial charge in [-0.1, -0.05) is 12.5 Å². The van der Waals surface area contributed by atoms with E-state index in [1.807, 2.05) is 6.07 Å². The Morgan fingerprint density at radius 3 is 2.82 bits per heavy atom. The Morgan fingerprint density at radius 2 is 2.06 bits per heavy atom. The van der Waals surface area contributed by atoms with Crippen LogP contribution in [0.5, 0.6) is 5.75 Å². The average Bonchev–Trinajstić information content (AvgIpc) is 2.66. The molecule has 2 atom stereocenters. The Bertz CT molecular complexity index is 476. The number of hydrogen-bond acceptors (Lipinski definition) is 2. The summed E-state index contributed by atoms with van der Waals surface area (Å²) in [5, 5.41) is 0. The predicted octanol–water partition coefficient (Wildman–Crippen LogP) is 3.62. The number of carbonyl (C=O) groups is 1. The molecule has 2 nitrogen and oxygen atoms in total. The van der Waals surface area contributed by atoms with E-state index in [9.17, 15) is 4.79 Å².